The van der Waals surface area contributed by atoms with E-state index < -0.39 is 0 Å². The average Bonchev–Trinajstić information content (AvgIpc) is 2.41. The molecule has 1 amide bonds. The highest BCUT2D eigenvalue weighted by molar-refractivity contribution is 5.97. The Morgan fingerprint density at radius 3 is 2.89 bits per heavy atom. The van der Waals surface area contributed by atoms with Gasteiger partial charge in [-0.15, -0.1) is 0 Å². The second-order valence-electron chi connectivity index (χ2n) is 5.31. The highest BCUT2D eigenvalue weighted by atomic mass is 16.3. The molecule has 1 saturated carbocycles. The molecule has 19 heavy (non-hydrogen) atoms. The summed E-state index contributed by atoms with van der Waals surface area (Å²) >= 11 is 0. The fraction of sp³-hybridized carbons (Fsp3) is 0.533. The van der Waals surface area contributed by atoms with Gasteiger partial charge in [0, 0.05) is 6.04 Å². The first-order valence-electron chi connectivity index (χ1n) is 6.93. The molecular formula is C15H21NO3. The fourth-order valence-electron chi connectivity index (χ4n) is 2.76. The fourth-order valence-corrected chi connectivity index (χ4v) is 2.76. The molecular weight excluding hydrogens is 242 g/mol. The Labute approximate surface area is 113 Å². The molecule has 0 radical (unpaired) electrons. The topological polar surface area (TPSA) is 69.6 Å². The van der Waals surface area contributed by atoms with Crippen LogP contribution >= 0.6 is 0 Å². The summed E-state index contributed by atoms with van der Waals surface area (Å²) in [6.07, 6.45) is 5.50. The van der Waals surface area contributed by atoms with Crippen molar-refractivity contribution in [2.24, 2.45) is 5.92 Å². The predicted molar refractivity (Wildman–Crippen MR) is 73.3 cm³/mol. The zero-order valence-electron chi connectivity index (χ0n) is 11.2. The van der Waals surface area contributed by atoms with Gasteiger partial charge in [0.05, 0.1) is 5.56 Å². The number of carbonyl (C=O) groups excluding carboxylic acids is 1. The van der Waals surface area contributed by atoms with Crippen molar-refractivity contribution in [2.75, 3.05) is 0 Å². The molecule has 1 aromatic carbocycles. The minimum atomic E-state index is -0.310. The normalized spacial score (nSPS) is 23.0. The van der Waals surface area contributed by atoms with Crippen LogP contribution < -0.4 is 5.32 Å². The van der Waals surface area contributed by atoms with Gasteiger partial charge in [-0.25, -0.2) is 0 Å². The minimum Gasteiger partial charge on any atom is -0.508 e. The van der Waals surface area contributed by atoms with Crippen LogP contribution in [0.25, 0.3) is 0 Å². The number of hydrogen-bond donors (Lipinski definition) is 3. The Kier molecular flexibility index (Phi) is 4.30. The second kappa shape index (κ2) is 5.95. The van der Waals surface area contributed by atoms with Crippen LogP contribution in [-0.4, -0.2) is 22.2 Å². The Morgan fingerprint density at radius 1 is 1.37 bits per heavy atom. The maximum atomic E-state index is 12.1. The molecule has 2 unspecified atom stereocenters. The number of phenolic OH excluding ortho intramolecular Hbond substituents is 2. The molecule has 3 N–H and O–H groups in total. The molecule has 4 heteroatoms. The number of rotatable bonds is 3. The lowest BCUT2D eigenvalue weighted by Crippen LogP contribution is -2.38. The average molecular weight is 263 g/mol. The van der Waals surface area contributed by atoms with Gasteiger partial charge in [-0.1, -0.05) is 26.2 Å². The highest BCUT2D eigenvalue weighted by Gasteiger charge is 2.23. The Balaban J connectivity index is 2.02. The largest absolute Gasteiger partial charge is 0.508 e. The standard InChI is InChI=1S/C15H21NO3/c1-2-10-4-3-5-11(8-10)16-15(19)13-9-12(17)6-7-14(13)18/h6-7,9-11,17-18H,2-5,8H2,1H3,(H,16,19). The van der Waals surface area contributed by atoms with E-state index >= 15 is 0 Å². The molecule has 4 nitrogen and oxygen atoms in total. The third-order valence-corrected chi connectivity index (χ3v) is 3.92. The van der Waals surface area contributed by atoms with Gasteiger partial charge < -0.3 is 15.5 Å². The molecule has 1 aliphatic rings. The van der Waals surface area contributed by atoms with Crippen molar-refractivity contribution in [3.8, 4) is 11.5 Å². The number of nitrogens with one attached hydrogen (secondary N) is 1. The molecule has 2 atom stereocenters. The van der Waals surface area contributed by atoms with E-state index in [2.05, 4.69) is 12.2 Å². The third-order valence-electron chi connectivity index (χ3n) is 3.92. The minimum absolute atomic E-state index is 0.0157. The molecule has 0 heterocycles. The van der Waals surface area contributed by atoms with Crippen LogP contribution in [0.3, 0.4) is 0 Å². The predicted octanol–water partition coefficient (Wildman–Crippen LogP) is 2.80. The second-order valence-corrected chi connectivity index (χ2v) is 5.31. The van der Waals surface area contributed by atoms with Crippen molar-refractivity contribution >= 4 is 5.91 Å². The zero-order chi connectivity index (χ0) is 13.8. The quantitative estimate of drug-likeness (QED) is 0.734. The van der Waals surface area contributed by atoms with Gasteiger partial charge in [-0.2, -0.15) is 0 Å². The monoisotopic (exact) mass is 263 g/mol. The van der Waals surface area contributed by atoms with E-state index in [1.54, 1.807) is 0 Å². The van der Waals surface area contributed by atoms with E-state index in [0.717, 1.165) is 25.7 Å². The lowest BCUT2D eigenvalue weighted by atomic mass is 9.84. The van der Waals surface area contributed by atoms with Gasteiger partial charge in [0.2, 0.25) is 0 Å². The zero-order valence-corrected chi connectivity index (χ0v) is 11.2. The highest BCUT2D eigenvalue weighted by Crippen LogP contribution is 2.27. The van der Waals surface area contributed by atoms with Crippen molar-refractivity contribution in [3.63, 3.8) is 0 Å². The van der Waals surface area contributed by atoms with E-state index in [1.807, 2.05) is 0 Å². The van der Waals surface area contributed by atoms with Crippen LogP contribution in [0.15, 0.2) is 18.2 Å². The molecule has 0 bridgehead atoms. The van der Waals surface area contributed by atoms with Crippen molar-refractivity contribution in [2.45, 2.75) is 45.1 Å². The summed E-state index contributed by atoms with van der Waals surface area (Å²) < 4.78 is 0. The maximum absolute atomic E-state index is 12.1. The van der Waals surface area contributed by atoms with E-state index in [0.29, 0.717) is 5.92 Å². The number of benzene rings is 1. The van der Waals surface area contributed by atoms with Crippen molar-refractivity contribution in [1.29, 1.82) is 0 Å². The smallest absolute Gasteiger partial charge is 0.255 e. The SMILES string of the molecule is CCC1CCCC(NC(=O)c2cc(O)ccc2O)C1. The van der Waals surface area contributed by atoms with Crippen molar-refractivity contribution < 1.29 is 15.0 Å². The number of phenols is 2. The summed E-state index contributed by atoms with van der Waals surface area (Å²) in [7, 11) is 0. The van der Waals surface area contributed by atoms with Gasteiger partial charge >= 0.3 is 0 Å². The van der Waals surface area contributed by atoms with Gasteiger partial charge in [-0.05, 0) is 37.0 Å². The lowest BCUT2D eigenvalue weighted by molar-refractivity contribution is 0.0916. The molecule has 2 rings (SSSR count). The van der Waals surface area contributed by atoms with Gasteiger partial charge in [0.15, 0.2) is 0 Å². The Hall–Kier alpha value is -1.71. The van der Waals surface area contributed by atoms with E-state index in [4.69, 9.17) is 0 Å². The van der Waals surface area contributed by atoms with Crippen LogP contribution in [0.4, 0.5) is 0 Å². The number of amides is 1. The summed E-state index contributed by atoms with van der Waals surface area (Å²) in [5, 5.41) is 22.0. The summed E-state index contributed by atoms with van der Waals surface area (Å²) in [6.45, 7) is 2.18. The van der Waals surface area contributed by atoms with E-state index in [9.17, 15) is 15.0 Å². The molecule has 1 fully saturated rings. The first-order chi connectivity index (χ1) is 9.10. The summed E-state index contributed by atoms with van der Waals surface area (Å²) in [6, 6.07) is 4.16. The molecule has 0 aliphatic heterocycles. The summed E-state index contributed by atoms with van der Waals surface area (Å²) in [5.74, 6) is 0.253. The van der Waals surface area contributed by atoms with Crippen LogP contribution in [0.1, 0.15) is 49.4 Å². The summed E-state index contributed by atoms with van der Waals surface area (Å²) in [4.78, 5) is 12.1. The number of hydrogen-bond acceptors (Lipinski definition) is 3. The Morgan fingerprint density at radius 2 is 2.16 bits per heavy atom. The lowest BCUT2D eigenvalue weighted by Gasteiger charge is -2.29. The molecule has 1 aromatic rings. The third kappa shape index (κ3) is 3.40. The summed E-state index contributed by atoms with van der Waals surface area (Å²) in [5.41, 5.74) is 0.138. The van der Waals surface area contributed by atoms with Crippen LogP contribution in [0.2, 0.25) is 0 Å². The van der Waals surface area contributed by atoms with Crippen LogP contribution in [-0.2, 0) is 0 Å². The first-order valence-corrected chi connectivity index (χ1v) is 6.93. The van der Waals surface area contributed by atoms with Gasteiger partial charge in [0.25, 0.3) is 5.91 Å². The van der Waals surface area contributed by atoms with Crippen LogP contribution in [0, 0.1) is 5.92 Å². The van der Waals surface area contributed by atoms with Gasteiger partial charge in [0.1, 0.15) is 11.5 Å². The number of aromatic hydroxyl groups is 2. The molecule has 0 saturated heterocycles. The van der Waals surface area contributed by atoms with Gasteiger partial charge in [-0.3, -0.25) is 4.79 Å². The van der Waals surface area contributed by atoms with E-state index in [1.165, 1.54) is 24.6 Å². The van der Waals surface area contributed by atoms with Crippen molar-refractivity contribution in [1.82, 2.24) is 5.32 Å². The molecule has 104 valence electrons. The first kappa shape index (κ1) is 13.7. The molecule has 1 aliphatic carbocycles. The van der Waals surface area contributed by atoms with Crippen LogP contribution in [0.5, 0.6) is 11.5 Å². The number of carbonyl (C=O) groups is 1. The molecule has 0 aromatic heterocycles. The molecule has 0 spiro atoms. The Bertz CT molecular complexity index is 459. The van der Waals surface area contributed by atoms with Crippen molar-refractivity contribution in [3.05, 3.63) is 23.8 Å². The maximum Gasteiger partial charge on any atom is 0.255 e. The van der Waals surface area contributed by atoms with E-state index in [-0.39, 0.29) is 29.0 Å².